The highest BCUT2D eigenvalue weighted by molar-refractivity contribution is 6.31. The van der Waals surface area contributed by atoms with E-state index in [0.717, 1.165) is 5.56 Å². The molecule has 0 aliphatic heterocycles. The van der Waals surface area contributed by atoms with Gasteiger partial charge in [0.15, 0.2) is 0 Å². The molecule has 3 nitrogen and oxygen atoms in total. The number of hydrogen-bond acceptors (Lipinski definition) is 2. The molecular weight excluding hydrogens is 202 g/mol. The lowest BCUT2D eigenvalue weighted by molar-refractivity contribution is -0.114. The van der Waals surface area contributed by atoms with Crippen molar-refractivity contribution in [1.82, 2.24) is 0 Å². The van der Waals surface area contributed by atoms with E-state index in [1.165, 1.54) is 6.92 Å². The smallest absolute Gasteiger partial charge is 0.221 e. The van der Waals surface area contributed by atoms with E-state index < -0.39 is 0 Å². The molecule has 1 aromatic carbocycles. The molecule has 1 aromatic rings. The van der Waals surface area contributed by atoms with E-state index in [-0.39, 0.29) is 12.5 Å². The molecule has 0 atom stereocenters. The highest BCUT2D eigenvalue weighted by atomic mass is 35.5. The van der Waals surface area contributed by atoms with Crippen LogP contribution in [0.4, 0.5) is 5.69 Å². The number of hydrogen-bond donors (Lipinski definition) is 2. The molecule has 0 heterocycles. The zero-order valence-corrected chi connectivity index (χ0v) is 8.64. The van der Waals surface area contributed by atoms with Gasteiger partial charge < -0.3 is 10.4 Å². The van der Waals surface area contributed by atoms with Gasteiger partial charge in [0.05, 0.1) is 0 Å². The number of halogens is 1. The topological polar surface area (TPSA) is 49.3 Å². The predicted molar refractivity (Wildman–Crippen MR) is 56.5 cm³/mol. The number of anilines is 1. The summed E-state index contributed by atoms with van der Waals surface area (Å²) in [4.78, 5) is 10.9. The van der Waals surface area contributed by atoms with E-state index in [1.807, 2.05) is 0 Å². The second-order valence-corrected chi connectivity index (χ2v) is 3.39. The highest BCUT2D eigenvalue weighted by Crippen LogP contribution is 2.21. The maximum Gasteiger partial charge on any atom is 0.221 e. The van der Waals surface area contributed by atoms with E-state index in [1.54, 1.807) is 18.2 Å². The fraction of sp³-hybridized carbons (Fsp3) is 0.300. The molecule has 0 aliphatic rings. The Kier molecular flexibility index (Phi) is 3.92. The van der Waals surface area contributed by atoms with Crippen LogP contribution in [0.3, 0.4) is 0 Å². The van der Waals surface area contributed by atoms with Gasteiger partial charge in [0.1, 0.15) is 0 Å². The minimum atomic E-state index is -0.147. The summed E-state index contributed by atoms with van der Waals surface area (Å²) in [7, 11) is 0. The van der Waals surface area contributed by atoms with E-state index in [0.29, 0.717) is 17.1 Å². The Morgan fingerprint density at radius 3 is 2.86 bits per heavy atom. The molecule has 0 bridgehead atoms. The fourth-order valence-corrected chi connectivity index (χ4v) is 1.37. The quantitative estimate of drug-likeness (QED) is 0.805. The Labute approximate surface area is 87.7 Å². The SMILES string of the molecule is CC(=O)Nc1cc(Cl)ccc1CCO. The molecule has 0 aliphatic carbocycles. The van der Waals surface area contributed by atoms with Gasteiger partial charge in [-0.15, -0.1) is 0 Å². The van der Waals surface area contributed by atoms with Crippen LogP contribution >= 0.6 is 11.6 Å². The van der Waals surface area contributed by atoms with Crippen LogP contribution in [0.5, 0.6) is 0 Å². The summed E-state index contributed by atoms with van der Waals surface area (Å²) in [5, 5.41) is 12.0. The van der Waals surface area contributed by atoms with Gasteiger partial charge in [-0.05, 0) is 24.1 Å². The first kappa shape index (κ1) is 11.0. The van der Waals surface area contributed by atoms with Crippen LogP contribution in [0.25, 0.3) is 0 Å². The van der Waals surface area contributed by atoms with E-state index in [4.69, 9.17) is 16.7 Å². The van der Waals surface area contributed by atoms with Crippen molar-refractivity contribution in [1.29, 1.82) is 0 Å². The number of aliphatic hydroxyl groups is 1. The van der Waals surface area contributed by atoms with Gasteiger partial charge in [-0.3, -0.25) is 4.79 Å². The maximum atomic E-state index is 10.9. The van der Waals surface area contributed by atoms with Crippen LogP contribution < -0.4 is 5.32 Å². The van der Waals surface area contributed by atoms with Gasteiger partial charge in [-0.25, -0.2) is 0 Å². The molecule has 4 heteroatoms. The van der Waals surface area contributed by atoms with E-state index >= 15 is 0 Å². The van der Waals surface area contributed by atoms with Gasteiger partial charge in [0, 0.05) is 24.2 Å². The molecule has 2 N–H and O–H groups in total. The van der Waals surface area contributed by atoms with Crippen molar-refractivity contribution in [3.63, 3.8) is 0 Å². The molecule has 1 rings (SSSR count). The molecule has 0 spiro atoms. The summed E-state index contributed by atoms with van der Waals surface area (Å²) >= 11 is 5.79. The van der Waals surface area contributed by atoms with Crippen LogP contribution in [0.15, 0.2) is 18.2 Å². The first-order valence-electron chi connectivity index (χ1n) is 4.30. The summed E-state index contributed by atoms with van der Waals surface area (Å²) in [6.45, 7) is 1.48. The number of aliphatic hydroxyl groups excluding tert-OH is 1. The molecule has 0 saturated heterocycles. The Balaban J connectivity index is 2.96. The second kappa shape index (κ2) is 4.98. The summed E-state index contributed by atoms with van der Waals surface area (Å²) in [6, 6.07) is 5.20. The van der Waals surface area contributed by atoms with Crippen molar-refractivity contribution in [2.75, 3.05) is 11.9 Å². The number of amides is 1. The minimum absolute atomic E-state index is 0.0498. The monoisotopic (exact) mass is 213 g/mol. The third-order valence-corrected chi connectivity index (χ3v) is 2.00. The third kappa shape index (κ3) is 3.01. The van der Waals surface area contributed by atoms with Crippen molar-refractivity contribution in [2.45, 2.75) is 13.3 Å². The molecule has 0 unspecified atom stereocenters. The summed E-state index contributed by atoms with van der Waals surface area (Å²) in [6.07, 6.45) is 0.507. The second-order valence-electron chi connectivity index (χ2n) is 2.96. The largest absolute Gasteiger partial charge is 0.396 e. The molecule has 0 radical (unpaired) electrons. The molecular formula is C10H12ClNO2. The predicted octanol–water partition coefficient (Wildman–Crippen LogP) is 1.83. The van der Waals surface area contributed by atoms with Gasteiger partial charge >= 0.3 is 0 Å². The molecule has 0 aromatic heterocycles. The van der Waals surface area contributed by atoms with Crippen LogP contribution in [-0.4, -0.2) is 17.6 Å². The normalized spacial score (nSPS) is 9.93. The van der Waals surface area contributed by atoms with E-state index in [2.05, 4.69) is 5.32 Å². The third-order valence-electron chi connectivity index (χ3n) is 1.76. The summed E-state index contributed by atoms with van der Waals surface area (Å²) in [5.74, 6) is -0.147. The lowest BCUT2D eigenvalue weighted by Crippen LogP contribution is -2.08. The average Bonchev–Trinajstić information content (AvgIpc) is 2.09. The van der Waals surface area contributed by atoms with Gasteiger partial charge in [0.2, 0.25) is 5.91 Å². The van der Waals surface area contributed by atoms with Crippen LogP contribution in [-0.2, 0) is 11.2 Å². The molecule has 0 fully saturated rings. The molecule has 0 saturated carbocycles. The lowest BCUT2D eigenvalue weighted by Gasteiger charge is -2.08. The fourth-order valence-electron chi connectivity index (χ4n) is 1.19. The standard InChI is InChI=1S/C10H12ClNO2/c1-7(14)12-10-6-9(11)3-2-8(10)4-5-13/h2-3,6,13H,4-5H2,1H3,(H,12,14). The van der Waals surface area contributed by atoms with Crippen molar-refractivity contribution in [3.05, 3.63) is 28.8 Å². The number of benzene rings is 1. The Morgan fingerprint density at radius 2 is 2.29 bits per heavy atom. The Morgan fingerprint density at radius 1 is 1.57 bits per heavy atom. The number of carbonyl (C=O) groups excluding carboxylic acids is 1. The summed E-state index contributed by atoms with van der Waals surface area (Å²) in [5.41, 5.74) is 1.55. The van der Waals surface area contributed by atoms with Crippen molar-refractivity contribution in [3.8, 4) is 0 Å². The van der Waals surface area contributed by atoms with Crippen LogP contribution in [0, 0.1) is 0 Å². The van der Waals surface area contributed by atoms with Crippen molar-refractivity contribution >= 4 is 23.2 Å². The van der Waals surface area contributed by atoms with Crippen LogP contribution in [0.1, 0.15) is 12.5 Å². The van der Waals surface area contributed by atoms with E-state index in [9.17, 15) is 4.79 Å². The first-order valence-corrected chi connectivity index (χ1v) is 4.68. The summed E-state index contributed by atoms with van der Waals surface area (Å²) < 4.78 is 0. The highest BCUT2D eigenvalue weighted by Gasteiger charge is 2.04. The molecule has 1 amide bonds. The molecule has 14 heavy (non-hydrogen) atoms. The van der Waals surface area contributed by atoms with Crippen LogP contribution in [0.2, 0.25) is 5.02 Å². The first-order chi connectivity index (χ1) is 6.63. The van der Waals surface area contributed by atoms with Gasteiger partial charge in [-0.1, -0.05) is 17.7 Å². The molecule has 76 valence electrons. The number of carbonyl (C=O) groups is 1. The Bertz CT molecular complexity index is 339. The number of nitrogens with one attached hydrogen (secondary N) is 1. The van der Waals surface area contributed by atoms with Crippen molar-refractivity contribution < 1.29 is 9.90 Å². The average molecular weight is 214 g/mol. The minimum Gasteiger partial charge on any atom is -0.396 e. The zero-order valence-electron chi connectivity index (χ0n) is 7.88. The zero-order chi connectivity index (χ0) is 10.6. The van der Waals surface area contributed by atoms with Gasteiger partial charge in [0.25, 0.3) is 0 Å². The Hall–Kier alpha value is -1.06. The lowest BCUT2D eigenvalue weighted by atomic mass is 10.1. The maximum absolute atomic E-state index is 10.9. The van der Waals surface area contributed by atoms with Crippen molar-refractivity contribution in [2.24, 2.45) is 0 Å². The van der Waals surface area contributed by atoms with Gasteiger partial charge in [-0.2, -0.15) is 0 Å². The number of rotatable bonds is 3.